The summed E-state index contributed by atoms with van der Waals surface area (Å²) >= 11 is 5.86. The third kappa shape index (κ3) is 5.59. The van der Waals surface area contributed by atoms with Gasteiger partial charge < -0.3 is 10.1 Å². The van der Waals surface area contributed by atoms with E-state index in [4.69, 9.17) is 11.6 Å². The lowest BCUT2D eigenvalue weighted by atomic mass is 9.98. The Balaban J connectivity index is 1.65. The van der Waals surface area contributed by atoms with E-state index in [9.17, 15) is 18.0 Å². The summed E-state index contributed by atoms with van der Waals surface area (Å²) in [6.45, 7) is 0.510. The zero-order valence-corrected chi connectivity index (χ0v) is 18.1. The lowest BCUT2D eigenvalue weighted by Gasteiger charge is -2.31. The highest BCUT2D eigenvalue weighted by Crippen LogP contribution is 2.23. The van der Waals surface area contributed by atoms with E-state index in [0.717, 1.165) is 0 Å². The molecule has 0 aromatic heterocycles. The van der Waals surface area contributed by atoms with Crippen LogP contribution < -0.4 is 5.32 Å². The molecule has 3 rings (SSSR count). The van der Waals surface area contributed by atoms with Crippen molar-refractivity contribution in [3.05, 3.63) is 64.7 Å². The quantitative estimate of drug-likeness (QED) is 0.681. The van der Waals surface area contributed by atoms with Gasteiger partial charge in [0.1, 0.15) is 0 Å². The first-order valence-electron chi connectivity index (χ1n) is 9.50. The molecule has 1 saturated heterocycles. The summed E-state index contributed by atoms with van der Waals surface area (Å²) in [4.78, 5) is 24.4. The molecule has 160 valence electrons. The number of anilines is 1. The highest BCUT2D eigenvalue weighted by atomic mass is 35.5. The molecule has 2 aromatic carbocycles. The summed E-state index contributed by atoms with van der Waals surface area (Å²) < 4.78 is 31.7. The highest BCUT2D eigenvalue weighted by molar-refractivity contribution is 7.88. The van der Waals surface area contributed by atoms with Gasteiger partial charge in [-0.05, 0) is 48.7 Å². The van der Waals surface area contributed by atoms with Gasteiger partial charge in [0.05, 0.1) is 24.3 Å². The van der Waals surface area contributed by atoms with E-state index in [2.05, 4.69) is 10.1 Å². The second-order valence-electron chi connectivity index (χ2n) is 7.14. The maximum Gasteiger partial charge on any atom is 0.337 e. The van der Waals surface area contributed by atoms with Crippen LogP contribution in [0.2, 0.25) is 5.02 Å². The van der Waals surface area contributed by atoms with Crippen LogP contribution in [0.4, 0.5) is 5.69 Å². The molecule has 30 heavy (non-hydrogen) atoms. The first-order valence-corrected chi connectivity index (χ1v) is 11.5. The van der Waals surface area contributed by atoms with Gasteiger partial charge in [-0.3, -0.25) is 4.79 Å². The zero-order valence-electron chi connectivity index (χ0n) is 16.5. The molecule has 1 N–H and O–H groups in total. The highest BCUT2D eigenvalue weighted by Gasteiger charge is 2.32. The van der Waals surface area contributed by atoms with Crippen LogP contribution in [-0.2, 0) is 25.3 Å². The Morgan fingerprint density at radius 2 is 1.93 bits per heavy atom. The molecule has 0 unspecified atom stereocenters. The van der Waals surface area contributed by atoms with Crippen LogP contribution in [-0.4, -0.2) is 44.8 Å². The monoisotopic (exact) mass is 450 g/mol. The molecular weight excluding hydrogens is 428 g/mol. The van der Waals surface area contributed by atoms with Crippen LogP contribution in [0.15, 0.2) is 48.5 Å². The third-order valence-corrected chi connectivity index (χ3v) is 7.03. The Morgan fingerprint density at radius 3 is 2.63 bits per heavy atom. The average molecular weight is 451 g/mol. The number of halogens is 1. The number of piperidine rings is 1. The fourth-order valence-corrected chi connectivity index (χ4v) is 5.11. The van der Waals surface area contributed by atoms with Crippen molar-refractivity contribution in [2.24, 2.45) is 5.92 Å². The van der Waals surface area contributed by atoms with Gasteiger partial charge in [0.15, 0.2) is 0 Å². The number of ether oxygens (including phenoxy) is 1. The van der Waals surface area contributed by atoms with E-state index in [0.29, 0.717) is 41.2 Å². The minimum atomic E-state index is -3.56. The van der Waals surface area contributed by atoms with Gasteiger partial charge in [0.25, 0.3) is 0 Å². The number of benzene rings is 2. The number of esters is 1. The van der Waals surface area contributed by atoms with Crippen LogP contribution in [0, 0.1) is 5.92 Å². The van der Waals surface area contributed by atoms with Crippen molar-refractivity contribution < 1.29 is 22.7 Å². The molecule has 0 spiro atoms. The number of carbonyl (C=O) groups excluding carboxylic acids is 2. The summed E-state index contributed by atoms with van der Waals surface area (Å²) in [5.41, 5.74) is 1.43. The number of nitrogens with one attached hydrogen (secondary N) is 1. The average Bonchev–Trinajstić information content (AvgIpc) is 2.75. The third-order valence-electron chi connectivity index (χ3n) is 4.96. The number of hydrogen-bond acceptors (Lipinski definition) is 5. The van der Waals surface area contributed by atoms with Crippen molar-refractivity contribution in [3.63, 3.8) is 0 Å². The summed E-state index contributed by atoms with van der Waals surface area (Å²) in [5.74, 6) is -1.38. The minimum absolute atomic E-state index is 0.123. The number of hydrogen-bond donors (Lipinski definition) is 1. The molecule has 7 nitrogen and oxygen atoms in total. The van der Waals surface area contributed by atoms with E-state index < -0.39 is 21.9 Å². The number of amides is 1. The molecule has 0 saturated carbocycles. The Bertz CT molecular complexity index is 1020. The van der Waals surface area contributed by atoms with Gasteiger partial charge in [0, 0.05) is 23.8 Å². The predicted octanol–water partition coefficient (Wildman–Crippen LogP) is 3.31. The fourth-order valence-electron chi connectivity index (χ4n) is 3.38. The van der Waals surface area contributed by atoms with Gasteiger partial charge in [0.2, 0.25) is 15.9 Å². The minimum Gasteiger partial charge on any atom is -0.465 e. The molecule has 0 radical (unpaired) electrons. The normalized spacial score (nSPS) is 17.3. The van der Waals surface area contributed by atoms with Crippen LogP contribution in [0.5, 0.6) is 0 Å². The van der Waals surface area contributed by atoms with Gasteiger partial charge in [-0.15, -0.1) is 0 Å². The Labute approximate surface area is 181 Å². The van der Waals surface area contributed by atoms with Crippen molar-refractivity contribution in [1.29, 1.82) is 0 Å². The maximum atomic E-state index is 12.8. The second kappa shape index (κ2) is 9.59. The summed E-state index contributed by atoms with van der Waals surface area (Å²) in [6.07, 6.45) is 1.19. The Morgan fingerprint density at radius 1 is 1.20 bits per heavy atom. The van der Waals surface area contributed by atoms with Crippen molar-refractivity contribution in [1.82, 2.24) is 4.31 Å². The standard InChI is InChI=1S/C21H23ClN2O5S/c1-29-21(26)16-4-2-6-19(12-16)23-20(25)17-5-3-11-24(13-17)30(27,28)14-15-7-9-18(22)10-8-15/h2,4,6-10,12,17H,3,5,11,13-14H2,1H3,(H,23,25)/t17-/m0/s1. The molecule has 2 aromatic rings. The van der Waals surface area contributed by atoms with E-state index in [1.165, 1.54) is 17.5 Å². The van der Waals surface area contributed by atoms with Gasteiger partial charge in [-0.2, -0.15) is 0 Å². The smallest absolute Gasteiger partial charge is 0.337 e. The Kier molecular flexibility index (Phi) is 7.12. The predicted molar refractivity (Wildman–Crippen MR) is 115 cm³/mol. The molecule has 1 heterocycles. The SMILES string of the molecule is COC(=O)c1cccc(NC(=O)[C@H]2CCCN(S(=O)(=O)Cc3ccc(Cl)cc3)C2)c1. The lowest BCUT2D eigenvalue weighted by Crippen LogP contribution is -2.44. The molecule has 0 bridgehead atoms. The summed E-state index contributed by atoms with van der Waals surface area (Å²) in [7, 11) is -2.27. The number of sulfonamides is 1. The van der Waals surface area contributed by atoms with Crippen LogP contribution in [0.25, 0.3) is 0 Å². The fraction of sp³-hybridized carbons (Fsp3) is 0.333. The molecule has 1 amide bonds. The second-order valence-corrected chi connectivity index (χ2v) is 9.55. The van der Waals surface area contributed by atoms with Crippen molar-refractivity contribution in [2.75, 3.05) is 25.5 Å². The number of rotatable bonds is 6. The van der Waals surface area contributed by atoms with E-state index >= 15 is 0 Å². The number of nitrogens with zero attached hydrogens (tertiary/aromatic N) is 1. The van der Waals surface area contributed by atoms with Crippen molar-refractivity contribution in [3.8, 4) is 0 Å². The van der Waals surface area contributed by atoms with Crippen LogP contribution in [0.1, 0.15) is 28.8 Å². The van der Waals surface area contributed by atoms with Crippen LogP contribution >= 0.6 is 11.6 Å². The van der Waals surface area contributed by atoms with E-state index in [1.807, 2.05) is 0 Å². The molecular formula is C21H23ClN2O5S. The largest absolute Gasteiger partial charge is 0.465 e. The summed E-state index contributed by atoms with van der Waals surface area (Å²) in [6, 6.07) is 13.1. The molecule has 1 aliphatic heterocycles. The van der Waals surface area contributed by atoms with E-state index in [1.54, 1.807) is 42.5 Å². The first kappa shape index (κ1) is 22.3. The maximum absolute atomic E-state index is 12.8. The van der Waals surface area contributed by atoms with Gasteiger partial charge in [-0.1, -0.05) is 29.8 Å². The van der Waals surface area contributed by atoms with E-state index in [-0.39, 0.29) is 18.2 Å². The van der Waals surface area contributed by atoms with Crippen LogP contribution in [0.3, 0.4) is 0 Å². The first-order chi connectivity index (χ1) is 14.3. The zero-order chi connectivity index (χ0) is 21.7. The topological polar surface area (TPSA) is 92.8 Å². The van der Waals surface area contributed by atoms with Crippen molar-refractivity contribution >= 4 is 39.2 Å². The summed E-state index contributed by atoms with van der Waals surface area (Å²) in [5, 5.41) is 3.32. The molecule has 0 aliphatic carbocycles. The molecule has 1 atom stereocenters. The number of methoxy groups -OCH3 is 1. The van der Waals surface area contributed by atoms with Gasteiger partial charge >= 0.3 is 5.97 Å². The number of carbonyl (C=O) groups is 2. The molecule has 1 aliphatic rings. The lowest BCUT2D eigenvalue weighted by molar-refractivity contribution is -0.120. The Hall–Kier alpha value is -2.42. The molecule has 9 heteroatoms. The van der Waals surface area contributed by atoms with Crippen molar-refractivity contribution in [2.45, 2.75) is 18.6 Å². The molecule has 1 fully saturated rings. The van der Waals surface area contributed by atoms with Gasteiger partial charge in [-0.25, -0.2) is 17.5 Å².